The number of methoxy groups -OCH3 is 3. The van der Waals surface area contributed by atoms with Gasteiger partial charge in [-0.3, -0.25) is 5.10 Å². The average Bonchev–Trinajstić information content (AvgIpc) is 3.17. The van der Waals surface area contributed by atoms with Crippen LogP contribution in [0.2, 0.25) is 0 Å². The molecule has 0 radical (unpaired) electrons. The van der Waals surface area contributed by atoms with Crippen molar-refractivity contribution >= 4 is 0 Å². The van der Waals surface area contributed by atoms with Crippen LogP contribution in [0.3, 0.4) is 0 Å². The normalized spacial score (nSPS) is 11.9. The van der Waals surface area contributed by atoms with Gasteiger partial charge in [-0.05, 0) is 29.8 Å². The second-order valence-electron chi connectivity index (χ2n) is 5.49. The first kappa shape index (κ1) is 17.7. The molecule has 0 aliphatic carbocycles. The largest absolute Gasteiger partial charge is 0.493 e. The Balaban J connectivity index is 1.95. The van der Waals surface area contributed by atoms with Gasteiger partial charge in [0, 0.05) is 5.56 Å². The van der Waals surface area contributed by atoms with Gasteiger partial charge in [-0.15, -0.1) is 0 Å². The summed E-state index contributed by atoms with van der Waals surface area (Å²) in [4.78, 5) is 4.45. The monoisotopic (exact) mass is 358 g/mol. The van der Waals surface area contributed by atoms with Gasteiger partial charge < -0.3 is 19.9 Å². The molecule has 8 heteroatoms. The van der Waals surface area contributed by atoms with Crippen LogP contribution < -0.4 is 19.9 Å². The first-order valence-electron chi connectivity index (χ1n) is 7.81. The summed E-state index contributed by atoms with van der Waals surface area (Å²) in [6.07, 6.45) is 0. The van der Waals surface area contributed by atoms with E-state index in [-0.39, 0.29) is 5.82 Å². The molecule has 3 N–H and O–H groups in total. The number of ether oxygens (including phenoxy) is 3. The fraction of sp³-hybridized carbons (Fsp3) is 0.222. The zero-order chi connectivity index (χ0) is 18.7. The van der Waals surface area contributed by atoms with Gasteiger partial charge in [0.1, 0.15) is 11.6 Å². The Hall–Kier alpha value is -3.13. The van der Waals surface area contributed by atoms with Crippen molar-refractivity contribution in [1.82, 2.24) is 15.2 Å². The fourth-order valence-corrected chi connectivity index (χ4v) is 2.58. The van der Waals surface area contributed by atoms with Crippen LogP contribution in [0.5, 0.6) is 17.2 Å². The number of benzene rings is 2. The van der Waals surface area contributed by atoms with Gasteiger partial charge in [0.15, 0.2) is 17.3 Å². The predicted molar refractivity (Wildman–Crippen MR) is 93.9 cm³/mol. The van der Waals surface area contributed by atoms with E-state index in [1.54, 1.807) is 24.3 Å². The lowest BCUT2D eigenvalue weighted by Gasteiger charge is -2.13. The van der Waals surface area contributed by atoms with Crippen molar-refractivity contribution in [1.29, 1.82) is 0 Å². The minimum atomic E-state index is -0.557. The number of H-pyrrole nitrogens is 1. The molecule has 3 aromatic rings. The van der Waals surface area contributed by atoms with E-state index < -0.39 is 6.04 Å². The smallest absolute Gasteiger partial charge is 0.203 e. The molecule has 0 spiro atoms. The molecule has 0 fully saturated rings. The fourth-order valence-electron chi connectivity index (χ4n) is 2.58. The van der Waals surface area contributed by atoms with E-state index in [1.165, 1.54) is 33.5 Å². The van der Waals surface area contributed by atoms with Crippen LogP contribution in [-0.4, -0.2) is 36.5 Å². The predicted octanol–water partition coefficient (Wildman–Crippen LogP) is 2.68. The molecule has 3 rings (SSSR count). The molecule has 0 unspecified atom stereocenters. The lowest BCUT2D eigenvalue weighted by molar-refractivity contribution is 0.324. The summed E-state index contributed by atoms with van der Waals surface area (Å²) in [7, 11) is 4.61. The number of rotatable bonds is 6. The Morgan fingerprint density at radius 3 is 2.15 bits per heavy atom. The van der Waals surface area contributed by atoms with Crippen molar-refractivity contribution in [3.8, 4) is 28.6 Å². The zero-order valence-corrected chi connectivity index (χ0v) is 14.6. The first-order valence-corrected chi connectivity index (χ1v) is 7.81. The molecule has 1 atom stereocenters. The lowest BCUT2D eigenvalue weighted by Crippen LogP contribution is -2.13. The Labute approximate surface area is 149 Å². The molecule has 7 nitrogen and oxygen atoms in total. The van der Waals surface area contributed by atoms with Gasteiger partial charge in [0.05, 0.1) is 27.4 Å². The third-order valence-electron chi connectivity index (χ3n) is 3.95. The van der Waals surface area contributed by atoms with E-state index in [2.05, 4.69) is 15.2 Å². The van der Waals surface area contributed by atoms with E-state index in [1.807, 2.05) is 0 Å². The number of nitrogens with two attached hydrogens (primary N) is 1. The van der Waals surface area contributed by atoms with Crippen molar-refractivity contribution in [3.63, 3.8) is 0 Å². The second kappa shape index (κ2) is 7.40. The number of nitrogens with zero attached hydrogens (tertiary/aromatic N) is 2. The van der Waals surface area contributed by atoms with Gasteiger partial charge in [-0.1, -0.05) is 12.1 Å². The maximum absolute atomic E-state index is 13.1. The summed E-state index contributed by atoms with van der Waals surface area (Å²) in [6, 6.07) is 8.87. The number of halogens is 1. The molecule has 0 aliphatic heterocycles. The van der Waals surface area contributed by atoms with Crippen LogP contribution in [0, 0.1) is 5.82 Å². The second-order valence-corrected chi connectivity index (χ2v) is 5.49. The van der Waals surface area contributed by atoms with E-state index >= 15 is 0 Å². The van der Waals surface area contributed by atoms with Gasteiger partial charge in [-0.2, -0.15) is 5.10 Å². The summed E-state index contributed by atoms with van der Waals surface area (Å²) in [5.41, 5.74) is 7.59. The average molecular weight is 358 g/mol. The van der Waals surface area contributed by atoms with Gasteiger partial charge >= 0.3 is 0 Å². The molecule has 2 aromatic carbocycles. The van der Waals surface area contributed by atoms with Crippen LogP contribution in [0.25, 0.3) is 11.4 Å². The molecule has 0 saturated carbocycles. The Morgan fingerprint density at radius 2 is 1.62 bits per heavy atom. The van der Waals surface area contributed by atoms with Gasteiger partial charge in [-0.25, -0.2) is 9.37 Å². The number of nitrogens with one attached hydrogen (secondary N) is 1. The van der Waals surface area contributed by atoms with Crippen molar-refractivity contribution < 1.29 is 18.6 Å². The molecule has 0 saturated heterocycles. The highest BCUT2D eigenvalue weighted by Crippen LogP contribution is 2.40. The van der Waals surface area contributed by atoms with E-state index in [0.717, 1.165) is 5.56 Å². The van der Waals surface area contributed by atoms with Crippen LogP contribution in [-0.2, 0) is 0 Å². The highest BCUT2D eigenvalue weighted by atomic mass is 19.1. The van der Waals surface area contributed by atoms with Crippen LogP contribution in [0.15, 0.2) is 36.4 Å². The maximum atomic E-state index is 13.1. The molecule has 0 aliphatic rings. The highest BCUT2D eigenvalue weighted by Gasteiger charge is 2.18. The summed E-state index contributed by atoms with van der Waals surface area (Å²) >= 11 is 0. The minimum Gasteiger partial charge on any atom is -0.493 e. The summed E-state index contributed by atoms with van der Waals surface area (Å²) < 4.78 is 29.1. The third-order valence-corrected chi connectivity index (χ3v) is 3.95. The van der Waals surface area contributed by atoms with Crippen LogP contribution >= 0.6 is 0 Å². The van der Waals surface area contributed by atoms with Crippen molar-refractivity contribution in [2.24, 2.45) is 5.73 Å². The van der Waals surface area contributed by atoms with Crippen molar-refractivity contribution in [2.45, 2.75) is 6.04 Å². The molecule has 26 heavy (non-hydrogen) atoms. The molecular weight excluding hydrogens is 339 g/mol. The quantitative estimate of drug-likeness (QED) is 0.703. The van der Waals surface area contributed by atoms with Crippen molar-refractivity contribution in [3.05, 3.63) is 53.6 Å². The SMILES string of the molecule is COc1cc(-c2n[nH]c([C@@H](N)c3ccc(F)cc3)n2)cc(OC)c1OC. The summed E-state index contributed by atoms with van der Waals surface area (Å²) in [6.45, 7) is 0. The molecule has 1 heterocycles. The summed E-state index contributed by atoms with van der Waals surface area (Å²) in [5, 5.41) is 7.04. The summed E-state index contributed by atoms with van der Waals surface area (Å²) in [5.74, 6) is 2.04. The van der Waals surface area contributed by atoms with Gasteiger partial charge in [0.2, 0.25) is 5.75 Å². The lowest BCUT2D eigenvalue weighted by atomic mass is 10.1. The van der Waals surface area contributed by atoms with Crippen molar-refractivity contribution in [2.75, 3.05) is 21.3 Å². The number of aromatic nitrogens is 3. The molecule has 136 valence electrons. The Kier molecular flexibility index (Phi) is 5.04. The number of aromatic amines is 1. The molecule has 0 bridgehead atoms. The standard InChI is InChI=1S/C18H19FN4O3/c1-24-13-8-11(9-14(25-2)16(13)26-3)17-21-18(23-22-17)15(20)10-4-6-12(19)7-5-10/h4-9,15H,20H2,1-3H3,(H,21,22,23)/t15-/m0/s1. The number of hydrogen-bond acceptors (Lipinski definition) is 6. The molecule has 0 amide bonds. The van der Waals surface area contributed by atoms with Crippen LogP contribution in [0.4, 0.5) is 4.39 Å². The zero-order valence-electron chi connectivity index (χ0n) is 14.6. The third kappa shape index (κ3) is 3.31. The van der Waals surface area contributed by atoms with Gasteiger partial charge in [0.25, 0.3) is 0 Å². The minimum absolute atomic E-state index is 0.323. The number of hydrogen-bond donors (Lipinski definition) is 2. The maximum Gasteiger partial charge on any atom is 0.203 e. The van der Waals surface area contributed by atoms with E-state index in [4.69, 9.17) is 19.9 Å². The Morgan fingerprint density at radius 1 is 1.00 bits per heavy atom. The molecular formula is C18H19FN4O3. The Bertz CT molecular complexity index is 871. The highest BCUT2D eigenvalue weighted by molar-refractivity contribution is 5.66. The van der Waals surface area contributed by atoms with E-state index in [0.29, 0.717) is 34.5 Å². The van der Waals surface area contributed by atoms with E-state index in [9.17, 15) is 4.39 Å². The topological polar surface area (TPSA) is 95.3 Å². The van der Waals surface area contributed by atoms with Crippen LogP contribution in [0.1, 0.15) is 17.4 Å². The molecule has 1 aromatic heterocycles. The first-order chi connectivity index (χ1) is 12.6.